The van der Waals surface area contributed by atoms with Gasteiger partial charge in [-0.2, -0.15) is 0 Å². The van der Waals surface area contributed by atoms with Gasteiger partial charge >= 0.3 is 0 Å². The summed E-state index contributed by atoms with van der Waals surface area (Å²) in [5, 5.41) is 0. The van der Waals surface area contributed by atoms with Gasteiger partial charge in [-0.15, -0.1) is 0 Å². The van der Waals surface area contributed by atoms with Gasteiger partial charge in [-0.1, -0.05) is 57.7 Å². The second-order valence-electron chi connectivity index (χ2n) is 5.18. The van der Waals surface area contributed by atoms with Crippen LogP contribution in [0.1, 0.15) is 69.1 Å². The fourth-order valence-electron chi connectivity index (χ4n) is 2.32. The third-order valence-electron chi connectivity index (χ3n) is 3.53. The average Bonchev–Trinajstić information content (AvgIpc) is 2.34. The van der Waals surface area contributed by atoms with Gasteiger partial charge in [0.1, 0.15) is 0 Å². The highest BCUT2D eigenvalue weighted by molar-refractivity contribution is 5.31. The largest absolute Gasteiger partial charge is 0.0654 e. The zero-order chi connectivity index (χ0) is 12.5. The van der Waals surface area contributed by atoms with Crippen LogP contribution >= 0.6 is 0 Å². The Morgan fingerprint density at radius 1 is 0.824 bits per heavy atom. The lowest BCUT2D eigenvalue weighted by molar-refractivity contribution is 0.666. The molecule has 0 N–H and O–H groups in total. The third kappa shape index (κ3) is 5.39. The van der Waals surface area contributed by atoms with Crippen molar-refractivity contribution in [2.24, 2.45) is 0 Å². The maximum atomic E-state index is 2.40. The summed E-state index contributed by atoms with van der Waals surface area (Å²) in [6.45, 7) is 6.80. The normalized spacial score (nSPS) is 10.8. The van der Waals surface area contributed by atoms with E-state index in [2.05, 4.69) is 39.0 Å². The van der Waals surface area contributed by atoms with Crippen LogP contribution in [0.4, 0.5) is 0 Å². The van der Waals surface area contributed by atoms with Gasteiger partial charge in [0.25, 0.3) is 0 Å². The van der Waals surface area contributed by atoms with Gasteiger partial charge in [-0.25, -0.2) is 0 Å². The molecule has 0 aliphatic carbocycles. The van der Waals surface area contributed by atoms with E-state index < -0.39 is 0 Å². The molecule has 0 saturated carbocycles. The standard InChI is InChI=1S/C17H28/c1-4-6-8-9-10-16-12-13-17(11-7-5-2)15(3)14-16/h12-14H,4-11H2,1-3H3. The zero-order valence-corrected chi connectivity index (χ0v) is 11.9. The van der Waals surface area contributed by atoms with E-state index in [1.54, 1.807) is 5.56 Å². The van der Waals surface area contributed by atoms with Gasteiger partial charge in [0, 0.05) is 0 Å². The predicted molar refractivity (Wildman–Crippen MR) is 77.6 cm³/mol. The van der Waals surface area contributed by atoms with Crippen molar-refractivity contribution in [3.05, 3.63) is 34.9 Å². The van der Waals surface area contributed by atoms with Crippen LogP contribution in [0.3, 0.4) is 0 Å². The summed E-state index contributed by atoms with van der Waals surface area (Å²) < 4.78 is 0. The van der Waals surface area contributed by atoms with Gasteiger partial charge in [0.05, 0.1) is 0 Å². The first-order chi connectivity index (χ1) is 8.27. The monoisotopic (exact) mass is 232 g/mol. The maximum absolute atomic E-state index is 2.40. The van der Waals surface area contributed by atoms with Crippen molar-refractivity contribution in [1.82, 2.24) is 0 Å². The first-order valence-corrected chi connectivity index (χ1v) is 7.36. The van der Waals surface area contributed by atoms with Crippen LogP contribution in [0, 0.1) is 6.92 Å². The minimum Gasteiger partial charge on any atom is -0.0654 e. The first kappa shape index (κ1) is 14.3. The van der Waals surface area contributed by atoms with Gasteiger partial charge in [0.2, 0.25) is 0 Å². The number of unbranched alkanes of at least 4 members (excludes halogenated alkanes) is 4. The Morgan fingerprint density at radius 3 is 2.24 bits per heavy atom. The molecule has 17 heavy (non-hydrogen) atoms. The molecule has 0 aliphatic rings. The molecule has 0 aliphatic heterocycles. The predicted octanol–water partition coefficient (Wildman–Crippen LogP) is 5.46. The van der Waals surface area contributed by atoms with E-state index in [9.17, 15) is 0 Å². The Hall–Kier alpha value is -0.780. The smallest absolute Gasteiger partial charge is 0.0276 e. The van der Waals surface area contributed by atoms with E-state index in [-0.39, 0.29) is 0 Å². The Morgan fingerprint density at radius 2 is 1.59 bits per heavy atom. The number of rotatable bonds is 8. The molecule has 0 radical (unpaired) electrons. The molecule has 0 nitrogen and oxygen atoms in total. The maximum Gasteiger partial charge on any atom is -0.0276 e. The summed E-state index contributed by atoms with van der Waals surface area (Å²) in [6, 6.07) is 7.08. The molecule has 0 fully saturated rings. The molecule has 0 saturated heterocycles. The summed E-state index contributed by atoms with van der Waals surface area (Å²) in [5.41, 5.74) is 4.56. The summed E-state index contributed by atoms with van der Waals surface area (Å²) >= 11 is 0. The van der Waals surface area contributed by atoms with E-state index in [1.165, 1.54) is 62.5 Å². The third-order valence-corrected chi connectivity index (χ3v) is 3.53. The van der Waals surface area contributed by atoms with E-state index in [0.29, 0.717) is 0 Å². The zero-order valence-electron chi connectivity index (χ0n) is 11.9. The fourth-order valence-corrected chi connectivity index (χ4v) is 2.32. The van der Waals surface area contributed by atoms with Crippen LogP contribution in [0.25, 0.3) is 0 Å². The summed E-state index contributed by atoms with van der Waals surface area (Å²) in [6.07, 6.45) is 10.6. The lowest BCUT2D eigenvalue weighted by Gasteiger charge is -2.08. The number of hydrogen-bond donors (Lipinski definition) is 0. The van der Waals surface area contributed by atoms with Crippen molar-refractivity contribution in [1.29, 1.82) is 0 Å². The molecule has 0 heterocycles. The van der Waals surface area contributed by atoms with Crippen LogP contribution in [-0.2, 0) is 12.8 Å². The molecule has 1 rings (SSSR count). The van der Waals surface area contributed by atoms with E-state index in [0.717, 1.165) is 0 Å². The molecule has 0 aromatic heterocycles. The Bertz CT molecular complexity index is 312. The Kier molecular flexibility index (Phi) is 7.00. The minimum atomic E-state index is 1.25. The van der Waals surface area contributed by atoms with Crippen molar-refractivity contribution in [2.45, 2.75) is 72.1 Å². The van der Waals surface area contributed by atoms with Crippen molar-refractivity contribution in [3.63, 3.8) is 0 Å². The molecular formula is C17H28. The molecule has 0 atom stereocenters. The lowest BCUT2D eigenvalue weighted by atomic mass is 9.98. The van der Waals surface area contributed by atoms with Gasteiger partial charge < -0.3 is 0 Å². The quantitative estimate of drug-likeness (QED) is 0.522. The van der Waals surface area contributed by atoms with E-state index in [4.69, 9.17) is 0 Å². The molecule has 1 aromatic carbocycles. The molecule has 1 aromatic rings. The molecule has 96 valence electrons. The van der Waals surface area contributed by atoms with Crippen LogP contribution in [-0.4, -0.2) is 0 Å². The first-order valence-electron chi connectivity index (χ1n) is 7.36. The molecule has 0 unspecified atom stereocenters. The number of aryl methyl sites for hydroxylation is 3. The summed E-state index contributed by atoms with van der Waals surface area (Å²) in [5.74, 6) is 0. The van der Waals surface area contributed by atoms with Crippen LogP contribution in [0.5, 0.6) is 0 Å². The molecule has 0 amide bonds. The van der Waals surface area contributed by atoms with E-state index in [1.807, 2.05) is 0 Å². The topological polar surface area (TPSA) is 0 Å². The summed E-state index contributed by atoms with van der Waals surface area (Å²) in [4.78, 5) is 0. The van der Waals surface area contributed by atoms with Crippen molar-refractivity contribution >= 4 is 0 Å². The molecule has 0 heteroatoms. The number of hydrogen-bond acceptors (Lipinski definition) is 0. The number of benzene rings is 1. The van der Waals surface area contributed by atoms with Gasteiger partial charge in [-0.3, -0.25) is 0 Å². The van der Waals surface area contributed by atoms with Crippen LogP contribution < -0.4 is 0 Å². The van der Waals surface area contributed by atoms with Crippen LogP contribution in [0.15, 0.2) is 18.2 Å². The van der Waals surface area contributed by atoms with Crippen molar-refractivity contribution in [3.8, 4) is 0 Å². The van der Waals surface area contributed by atoms with Crippen molar-refractivity contribution in [2.75, 3.05) is 0 Å². The highest BCUT2D eigenvalue weighted by atomic mass is 14.1. The lowest BCUT2D eigenvalue weighted by Crippen LogP contribution is -1.93. The van der Waals surface area contributed by atoms with E-state index >= 15 is 0 Å². The Balaban J connectivity index is 2.44. The second kappa shape index (κ2) is 8.33. The average molecular weight is 232 g/mol. The van der Waals surface area contributed by atoms with Gasteiger partial charge in [-0.05, 0) is 49.3 Å². The molecule has 0 spiro atoms. The van der Waals surface area contributed by atoms with Gasteiger partial charge in [0.15, 0.2) is 0 Å². The summed E-state index contributed by atoms with van der Waals surface area (Å²) in [7, 11) is 0. The second-order valence-corrected chi connectivity index (χ2v) is 5.18. The minimum absolute atomic E-state index is 1.25. The highest BCUT2D eigenvalue weighted by Crippen LogP contribution is 2.16. The highest BCUT2D eigenvalue weighted by Gasteiger charge is 2.00. The van der Waals surface area contributed by atoms with Crippen molar-refractivity contribution < 1.29 is 0 Å². The fraction of sp³-hybridized carbons (Fsp3) is 0.647. The SMILES string of the molecule is CCCCCCc1ccc(CCCC)c(C)c1. The van der Waals surface area contributed by atoms with Crippen LogP contribution in [0.2, 0.25) is 0 Å². The Labute approximate surface area is 107 Å². The molecular weight excluding hydrogens is 204 g/mol. The molecule has 0 bridgehead atoms.